The van der Waals surface area contributed by atoms with Crippen molar-refractivity contribution >= 4 is 37.6 Å². The first-order valence-electron chi connectivity index (χ1n) is 16.6. The number of carbonyl (C=O) groups excluding carboxylic acids is 2. The molecule has 1 aromatic rings. The SMILES string of the molecule is CC1(C)C2CC[C@@]1(CS(=O)(=O)O)C(=O)C2.CC1(C)C2CC[C@@]1(CS(=O)(=O)O)C(=O)C2.CCCN1C[C@@H](c2ccc(N)nc2)OC[C@@H]1C. The summed E-state index contributed by atoms with van der Waals surface area (Å²) >= 11 is 0. The minimum absolute atomic E-state index is 0.0152. The summed E-state index contributed by atoms with van der Waals surface area (Å²) in [4.78, 5) is 30.4. The molecular formula is C33H53N3O9S2. The zero-order chi connectivity index (χ0) is 35.2. The molecule has 0 spiro atoms. The average Bonchev–Trinajstić information content (AvgIpc) is 3.47. The standard InChI is InChI=1S/C13H21N3O.2C10H16O4S/c1-3-6-16-8-12(17-9-10(16)2)11-4-5-13(14)15-7-11;2*1-9(2)7-3-4-10(9,8(11)5-7)6-15(12,13)14/h4-5,7,10,12H,3,6,8-9H2,1-2H3,(H2,14,15);2*7H,3-6H2,1-2H3,(H,12,13,14)/t10-,12-;2*7?,10-/m011/s1. The molecule has 4 aliphatic carbocycles. The van der Waals surface area contributed by atoms with Crippen LogP contribution >= 0.6 is 0 Å². The maximum Gasteiger partial charge on any atom is 0.265 e. The number of nitrogens with zero attached hydrogens (tertiary/aromatic N) is 2. The van der Waals surface area contributed by atoms with Crippen LogP contribution in [0.5, 0.6) is 0 Å². The molecule has 2 unspecified atom stereocenters. The van der Waals surface area contributed by atoms with Crippen molar-refractivity contribution in [3.8, 4) is 0 Å². The number of ether oxygens (including phenoxy) is 1. The van der Waals surface area contributed by atoms with Crippen LogP contribution in [0.25, 0.3) is 0 Å². The van der Waals surface area contributed by atoms with Crippen molar-refractivity contribution in [3.05, 3.63) is 23.9 Å². The highest BCUT2D eigenvalue weighted by atomic mass is 32.2. The Morgan fingerprint density at radius 1 is 0.915 bits per heavy atom. The van der Waals surface area contributed by atoms with E-state index in [0.29, 0.717) is 37.5 Å². The van der Waals surface area contributed by atoms with E-state index in [9.17, 15) is 26.4 Å². The quantitative estimate of drug-likeness (QED) is 0.341. The summed E-state index contributed by atoms with van der Waals surface area (Å²) in [5.41, 5.74) is 4.47. The van der Waals surface area contributed by atoms with Gasteiger partial charge in [0.15, 0.2) is 0 Å². The first kappa shape index (κ1) is 37.8. The molecule has 1 saturated heterocycles. The first-order valence-corrected chi connectivity index (χ1v) is 19.8. The van der Waals surface area contributed by atoms with Gasteiger partial charge in [0, 0.05) is 37.2 Å². The Kier molecular flexibility index (Phi) is 10.8. The van der Waals surface area contributed by atoms with Gasteiger partial charge in [-0.3, -0.25) is 23.6 Å². The van der Waals surface area contributed by atoms with Crippen molar-refractivity contribution in [2.24, 2.45) is 33.5 Å². The number of carbonyl (C=O) groups is 2. The summed E-state index contributed by atoms with van der Waals surface area (Å²) < 4.78 is 67.8. The number of Topliss-reactive ketones (excluding diaryl/α,β-unsaturated/α-hetero) is 2. The predicted molar refractivity (Wildman–Crippen MR) is 179 cm³/mol. The van der Waals surface area contributed by atoms with E-state index in [0.717, 1.165) is 38.1 Å². The number of morpholine rings is 1. The zero-order valence-electron chi connectivity index (χ0n) is 28.6. The van der Waals surface area contributed by atoms with Crippen LogP contribution in [0.1, 0.15) is 98.2 Å². The van der Waals surface area contributed by atoms with Gasteiger partial charge in [-0.1, -0.05) is 40.7 Å². The van der Waals surface area contributed by atoms with E-state index in [1.165, 1.54) is 6.42 Å². The van der Waals surface area contributed by atoms with Crippen molar-refractivity contribution in [1.82, 2.24) is 9.88 Å². The molecule has 4 N–H and O–H groups in total. The number of anilines is 1. The molecule has 12 nitrogen and oxygen atoms in total. The van der Waals surface area contributed by atoms with Gasteiger partial charge in [0.1, 0.15) is 17.4 Å². The van der Waals surface area contributed by atoms with E-state index in [-0.39, 0.29) is 40.3 Å². The summed E-state index contributed by atoms with van der Waals surface area (Å²) in [6.45, 7) is 15.1. The fourth-order valence-corrected chi connectivity index (χ4v) is 11.7. The second-order valence-electron chi connectivity index (χ2n) is 15.5. The van der Waals surface area contributed by atoms with Crippen molar-refractivity contribution in [3.63, 3.8) is 0 Å². The normalized spacial score (nSPS) is 34.0. The molecule has 0 amide bonds. The number of ketones is 2. The average molecular weight is 700 g/mol. The largest absolute Gasteiger partial charge is 0.384 e. The van der Waals surface area contributed by atoms with E-state index in [1.807, 2.05) is 46.0 Å². The molecule has 266 valence electrons. The van der Waals surface area contributed by atoms with E-state index in [2.05, 4.69) is 23.7 Å². The molecule has 14 heteroatoms. The first-order chi connectivity index (χ1) is 21.6. The molecule has 5 fully saturated rings. The maximum absolute atomic E-state index is 11.9. The number of pyridine rings is 1. The van der Waals surface area contributed by atoms with Crippen LogP contribution in [-0.2, 0) is 34.6 Å². The fraction of sp³-hybridized carbons (Fsp3) is 0.788. The number of fused-ring (bicyclic) bond motifs is 4. The predicted octanol–water partition coefficient (Wildman–Crippen LogP) is 4.37. The number of hydrogen-bond donors (Lipinski definition) is 3. The highest BCUT2D eigenvalue weighted by Gasteiger charge is 2.66. The molecule has 47 heavy (non-hydrogen) atoms. The summed E-state index contributed by atoms with van der Waals surface area (Å²) in [5.74, 6) is 0.356. The zero-order valence-corrected chi connectivity index (χ0v) is 30.2. The smallest absolute Gasteiger partial charge is 0.265 e. The van der Waals surface area contributed by atoms with Crippen LogP contribution in [0.4, 0.5) is 5.82 Å². The number of nitrogens with two attached hydrogens (primary N) is 1. The molecule has 0 aromatic carbocycles. The van der Waals surface area contributed by atoms with Crippen molar-refractivity contribution in [1.29, 1.82) is 0 Å². The number of nitrogen functional groups attached to an aromatic ring is 1. The van der Waals surface area contributed by atoms with E-state index in [1.54, 1.807) is 0 Å². The number of aromatic nitrogens is 1. The van der Waals surface area contributed by atoms with E-state index >= 15 is 0 Å². The molecule has 6 rings (SSSR count). The molecule has 1 aromatic heterocycles. The monoisotopic (exact) mass is 699 g/mol. The van der Waals surface area contributed by atoms with E-state index in [4.69, 9.17) is 19.6 Å². The topological polar surface area (TPSA) is 194 Å². The van der Waals surface area contributed by atoms with Gasteiger partial charge in [0.25, 0.3) is 20.2 Å². The molecule has 6 atom stereocenters. The van der Waals surface area contributed by atoms with Crippen molar-refractivity contribution in [2.45, 2.75) is 98.6 Å². The molecule has 5 aliphatic rings. The van der Waals surface area contributed by atoms with Gasteiger partial charge in [0.05, 0.1) is 35.0 Å². The Balaban J connectivity index is 0.000000160. The van der Waals surface area contributed by atoms with Crippen molar-refractivity contribution < 1.29 is 40.3 Å². The van der Waals surface area contributed by atoms with Crippen LogP contribution in [0.3, 0.4) is 0 Å². The third-order valence-corrected chi connectivity index (χ3v) is 14.1. The summed E-state index contributed by atoms with van der Waals surface area (Å²) in [5, 5.41) is 0. The molecule has 0 radical (unpaired) electrons. The number of hydrogen-bond acceptors (Lipinski definition) is 10. The van der Waals surface area contributed by atoms with Crippen LogP contribution in [0.2, 0.25) is 0 Å². The van der Waals surface area contributed by atoms with Crippen LogP contribution < -0.4 is 5.73 Å². The van der Waals surface area contributed by atoms with Gasteiger partial charge in [-0.15, -0.1) is 0 Å². The Morgan fingerprint density at radius 2 is 1.40 bits per heavy atom. The van der Waals surface area contributed by atoms with Crippen LogP contribution in [-0.4, -0.2) is 84.6 Å². The summed E-state index contributed by atoms with van der Waals surface area (Å²) in [7, 11) is -8.15. The second kappa shape index (κ2) is 13.4. The Bertz CT molecular complexity index is 1460. The van der Waals surface area contributed by atoms with Gasteiger partial charge in [-0.2, -0.15) is 16.8 Å². The number of rotatable bonds is 7. The minimum atomic E-state index is -4.08. The lowest BCUT2D eigenvalue weighted by Gasteiger charge is -2.38. The minimum Gasteiger partial charge on any atom is -0.384 e. The Hall–Kier alpha value is -1.97. The lowest BCUT2D eigenvalue weighted by molar-refractivity contribution is -0.128. The van der Waals surface area contributed by atoms with Gasteiger partial charge in [-0.05, 0) is 74.3 Å². The fourth-order valence-electron chi connectivity index (χ4n) is 9.05. The van der Waals surface area contributed by atoms with Crippen molar-refractivity contribution in [2.75, 3.05) is 36.9 Å². The lowest BCUT2D eigenvalue weighted by Crippen LogP contribution is -2.45. The highest BCUT2D eigenvalue weighted by Crippen LogP contribution is 2.65. The molecule has 4 bridgehead atoms. The molecular weight excluding hydrogens is 647 g/mol. The summed E-state index contributed by atoms with van der Waals surface area (Å²) in [6, 6.07) is 4.35. The Morgan fingerprint density at radius 3 is 1.74 bits per heavy atom. The molecule has 1 aliphatic heterocycles. The molecule has 4 saturated carbocycles. The second-order valence-corrected chi connectivity index (χ2v) is 18.4. The van der Waals surface area contributed by atoms with Gasteiger partial charge in [-0.25, -0.2) is 4.98 Å². The third-order valence-electron chi connectivity index (χ3n) is 12.4. The third kappa shape index (κ3) is 7.47. The lowest BCUT2D eigenvalue weighted by atomic mass is 9.70. The van der Waals surface area contributed by atoms with Gasteiger partial charge < -0.3 is 10.5 Å². The van der Waals surface area contributed by atoms with Gasteiger partial charge in [0.2, 0.25) is 0 Å². The van der Waals surface area contributed by atoms with E-state index < -0.39 is 42.6 Å². The Labute approximate surface area is 280 Å². The van der Waals surface area contributed by atoms with Crippen LogP contribution in [0.15, 0.2) is 18.3 Å². The maximum atomic E-state index is 11.9. The molecule has 2 heterocycles. The summed E-state index contributed by atoms with van der Waals surface area (Å²) in [6.07, 6.45) is 7.07. The van der Waals surface area contributed by atoms with Gasteiger partial charge >= 0.3 is 0 Å². The highest BCUT2D eigenvalue weighted by molar-refractivity contribution is 7.86. The van der Waals surface area contributed by atoms with Crippen LogP contribution in [0, 0.1) is 33.5 Å².